The van der Waals surface area contributed by atoms with Gasteiger partial charge in [0.25, 0.3) is 0 Å². The van der Waals surface area contributed by atoms with Gasteiger partial charge in [0, 0.05) is 25.0 Å². The van der Waals surface area contributed by atoms with Gasteiger partial charge < -0.3 is 5.32 Å². The Labute approximate surface area is 215 Å². The van der Waals surface area contributed by atoms with Crippen LogP contribution in [0, 0.1) is 0 Å². The minimum atomic E-state index is -3.72. The quantitative estimate of drug-likeness (QED) is 0.233. The van der Waals surface area contributed by atoms with Gasteiger partial charge in [-0.15, -0.1) is 0 Å². The Kier molecular flexibility index (Phi) is 7.23. The summed E-state index contributed by atoms with van der Waals surface area (Å²) in [7, 11) is -3.72. The number of aromatic nitrogens is 1. The van der Waals surface area contributed by atoms with E-state index in [1.165, 1.54) is 15.6 Å². The van der Waals surface area contributed by atoms with Gasteiger partial charge in [0.1, 0.15) is 0 Å². The van der Waals surface area contributed by atoms with Crippen molar-refractivity contribution in [1.82, 2.24) is 9.29 Å². The number of anilines is 2. The Morgan fingerprint density at radius 1 is 0.694 bits per heavy atom. The molecule has 1 N–H and O–H groups in total. The van der Waals surface area contributed by atoms with Crippen LogP contribution in [-0.2, 0) is 23.1 Å². The molecule has 0 aliphatic heterocycles. The maximum atomic E-state index is 13.7. The van der Waals surface area contributed by atoms with E-state index in [1.54, 1.807) is 18.3 Å². The molecule has 5 rings (SSSR count). The maximum absolute atomic E-state index is 13.7. The highest BCUT2D eigenvalue weighted by Crippen LogP contribution is 2.32. The largest absolute Gasteiger partial charge is 0.332 e. The van der Waals surface area contributed by atoms with Gasteiger partial charge in [0.05, 0.1) is 9.77 Å². The minimum absolute atomic E-state index is 0.269. The molecule has 0 spiro atoms. The van der Waals surface area contributed by atoms with Crippen LogP contribution < -0.4 is 5.32 Å². The van der Waals surface area contributed by atoms with Crippen molar-refractivity contribution in [2.75, 3.05) is 5.32 Å². The first-order chi connectivity index (χ1) is 17.6. The summed E-state index contributed by atoms with van der Waals surface area (Å²) < 4.78 is 28.9. The Morgan fingerprint density at radius 3 is 1.78 bits per heavy atom. The second kappa shape index (κ2) is 10.9. The average molecular weight is 512 g/mol. The van der Waals surface area contributed by atoms with Gasteiger partial charge in [-0.05, 0) is 41.0 Å². The van der Waals surface area contributed by atoms with Gasteiger partial charge in [-0.25, -0.2) is 13.4 Å². The molecule has 180 valence electrons. The number of thiazole rings is 1. The fourth-order valence-corrected chi connectivity index (χ4v) is 6.11. The predicted octanol–water partition coefficient (Wildman–Crippen LogP) is 6.94. The van der Waals surface area contributed by atoms with Crippen LogP contribution in [0.1, 0.15) is 11.1 Å². The maximum Gasteiger partial charge on any atom is 0.243 e. The molecule has 0 saturated carbocycles. The Bertz CT molecular complexity index is 1460. The molecule has 7 heteroatoms. The Morgan fingerprint density at radius 2 is 1.22 bits per heavy atom. The molecule has 5 aromatic rings. The fraction of sp³-hybridized carbons (Fsp3) is 0.0690. The van der Waals surface area contributed by atoms with Crippen molar-refractivity contribution in [2.45, 2.75) is 18.0 Å². The first kappa shape index (κ1) is 23.9. The number of nitrogens with zero attached hydrogens (tertiary/aromatic N) is 2. The average Bonchev–Trinajstić information content (AvgIpc) is 3.38. The first-order valence-corrected chi connectivity index (χ1v) is 13.8. The number of hydrogen-bond donors (Lipinski definition) is 1. The monoisotopic (exact) mass is 511 g/mol. The number of para-hydroxylation sites is 1. The van der Waals surface area contributed by atoms with E-state index in [0.29, 0.717) is 13.1 Å². The van der Waals surface area contributed by atoms with Crippen molar-refractivity contribution in [2.24, 2.45) is 0 Å². The van der Waals surface area contributed by atoms with Crippen molar-refractivity contribution in [1.29, 1.82) is 0 Å². The molecule has 0 atom stereocenters. The van der Waals surface area contributed by atoms with Crippen molar-refractivity contribution in [3.05, 3.63) is 133 Å². The standard InChI is InChI=1S/C29H25N3O2S2/c33-36(34,32(21-23-10-4-1-5-11-23)22-24-12-6-2-7-13-24)27-18-16-25(17-19-27)28-20-30-29(35-28)31-26-14-8-3-9-15-26/h1-20H,21-22H2,(H,30,31). The van der Waals surface area contributed by atoms with Gasteiger partial charge in [-0.2, -0.15) is 4.31 Å². The van der Waals surface area contributed by atoms with E-state index in [2.05, 4.69) is 10.3 Å². The van der Waals surface area contributed by atoms with Crippen LogP contribution in [0.15, 0.2) is 126 Å². The smallest absolute Gasteiger partial charge is 0.243 e. The lowest BCUT2D eigenvalue weighted by molar-refractivity contribution is 0.401. The second-order valence-electron chi connectivity index (χ2n) is 8.29. The van der Waals surface area contributed by atoms with Gasteiger partial charge in [-0.3, -0.25) is 0 Å². The molecule has 36 heavy (non-hydrogen) atoms. The normalized spacial score (nSPS) is 11.5. The number of benzene rings is 4. The molecule has 0 fully saturated rings. The second-order valence-corrected chi connectivity index (χ2v) is 11.3. The zero-order valence-electron chi connectivity index (χ0n) is 19.5. The highest BCUT2D eigenvalue weighted by Gasteiger charge is 2.25. The molecular weight excluding hydrogens is 486 g/mol. The van der Waals surface area contributed by atoms with Crippen LogP contribution in [0.5, 0.6) is 0 Å². The van der Waals surface area contributed by atoms with E-state index in [-0.39, 0.29) is 4.90 Å². The third-order valence-corrected chi connectivity index (χ3v) is 8.48. The van der Waals surface area contributed by atoms with E-state index in [1.807, 2.05) is 103 Å². The molecule has 0 unspecified atom stereocenters. The van der Waals surface area contributed by atoms with Gasteiger partial charge in [0.2, 0.25) is 10.0 Å². The molecule has 0 saturated heterocycles. The van der Waals surface area contributed by atoms with Crippen LogP contribution in [0.4, 0.5) is 10.8 Å². The molecule has 0 amide bonds. The number of hydrogen-bond acceptors (Lipinski definition) is 5. The molecule has 0 bridgehead atoms. The van der Waals surface area contributed by atoms with Crippen LogP contribution >= 0.6 is 11.3 Å². The van der Waals surface area contributed by atoms with Gasteiger partial charge in [0.15, 0.2) is 5.13 Å². The molecule has 1 aromatic heterocycles. The summed E-state index contributed by atoms with van der Waals surface area (Å²) in [5, 5.41) is 4.08. The van der Waals surface area contributed by atoms with Crippen LogP contribution in [0.2, 0.25) is 0 Å². The molecule has 0 radical (unpaired) electrons. The zero-order valence-corrected chi connectivity index (χ0v) is 21.1. The molecular formula is C29H25N3O2S2. The molecule has 5 nitrogen and oxygen atoms in total. The lowest BCUT2D eigenvalue weighted by Crippen LogP contribution is -2.30. The summed E-state index contributed by atoms with van der Waals surface area (Å²) in [6.07, 6.45) is 1.80. The summed E-state index contributed by atoms with van der Waals surface area (Å²) in [6, 6.07) is 36.2. The number of rotatable bonds is 9. The van der Waals surface area contributed by atoms with Gasteiger partial charge >= 0.3 is 0 Å². The predicted molar refractivity (Wildman–Crippen MR) is 147 cm³/mol. The minimum Gasteiger partial charge on any atom is -0.332 e. The first-order valence-electron chi connectivity index (χ1n) is 11.5. The number of sulfonamides is 1. The van der Waals surface area contributed by atoms with Crippen molar-refractivity contribution in [3.8, 4) is 10.4 Å². The van der Waals surface area contributed by atoms with E-state index in [9.17, 15) is 8.42 Å². The SMILES string of the molecule is O=S(=O)(c1ccc(-c2cnc(Nc3ccccc3)s2)cc1)N(Cc1ccccc1)Cc1ccccc1. The van der Waals surface area contributed by atoms with Crippen molar-refractivity contribution >= 4 is 32.2 Å². The summed E-state index contributed by atoms with van der Waals surface area (Å²) in [5.41, 5.74) is 3.77. The summed E-state index contributed by atoms with van der Waals surface area (Å²) in [6.45, 7) is 0.590. The fourth-order valence-electron chi connectivity index (χ4n) is 3.85. The van der Waals surface area contributed by atoms with E-state index in [0.717, 1.165) is 32.4 Å². The van der Waals surface area contributed by atoms with Crippen LogP contribution in [-0.4, -0.2) is 17.7 Å². The lowest BCUT2D eigenvalue weighted by atomic mass is 10.2. The zero-order chi connectivity index (χ0) is 24.8. The molecule has 0 aliphatic rings. The van der Waals surface area contributed by atoms with Crippen LogP contribution in [0.3, 0.4) is 0 Å². The van der Waals surface area contributed by atoms with E-state index >= 15 is 0 Å². The summed E-state index contributed by atoms with van der Waals surface area (Å²) in [4.78, 5) is 5.69. The highest BCUT2D eigenvalue weighted by molar-refractivity contribution is 7.89. The third-order valence-electron chi connectivity index (χ3n) is 5.71. The van der Waals surface area contributed by atoms with Crippen molar-refractivity contribution in [3.63, 3.8) is 0 Å². The molecule has 0 aliphatic carbocycles. The Balaban J connectivity index is 1.38. The summed E-state index contributed by atoms with van der Waals surface area (Å²) >= 11 is 1.52. The topological polar surface area (TPSA) is 62.3 Å². The number of nitrogens with one attached hydrogen (secondary N) is 1. The van der Waals surface area contributed by atoms with Gasteiger partial charge in [-0.1, -0.05) is 102 Å². The summed E-state index contributed by atoms with van der Waals surface area (Å²) in [5.74, 6) is 0. The molecule has 4 aromatic carbocycles. The van der Waals surface area contributed by atoms with Crippen LogP contribution in [0.25, 0.3) is 10.4 Å². The van der Waals surface area contributed by atoms with E-state index in [4.69, 9.17) is 0 Å². The lowest BCUT2D eigenvalue weighted by Gasteiger charge is -2.23. The highest BCUT2D eigenvalue weighted by atomic mass is 32.2. The third kappa shape index (κ3) is 5.71. The molecule has 1 heterocycles. The Hall–Kier alpha value is -3.78. The van der Waals surface area contributed by atoms with E-state index < -0.39 is 10.0 Å². The van der Waals surface area contributed by atoms with Crippen molar-refractivity contribution < 1.29 is 8.42 Å².